The topological polar surface area (TPSA) is 87.4 Å². The van der Waals surface area contributed by atoms with E-state index >= 15 is 0 Å². The highest BCUT2D eigenvalue weighted by Crippen LogP contribution is 2.21. The van der Waals surface area contributed by atoms with Crippen molar-refractivity contribution < 1.29 is 14.4 Å². The number of aliphatic hydroxyl groups excluding tert-OH is 1. The van der Waals surface area contributed by atoms with Gasteiger partial charge in [0.25, 0.3) is 0 Å². The van der Waals surface area contributed by atoms with Crippen molar-refractivity contribution in [1.82, 2.24) is 10.5 Å². The maximum atomic E-state index is 12.1. The summed E-state index contributed by atoms with van der Waals surface area (Å²) >= 11 is 0. The average molecular weight is 317 g/mol. The standard InChI is InChI=1S/C17H23N3O3/c1-3-15-16(12(2)23-20-15)19-17(22)18-11-14(9-10-21)13-7-5-4-6-8-13/h4-8,14,21H,3,9-11H2,1-2H3,(H2,18,19,22). The van der Waals surface area contributed by atoms with Crippen molar-refractivity contribution in [2.75, 3.05) is 18.5 Å². The predicted octanol–water partition coefficient (Wildman–Crippen LogP) is 2.83. The van der Waals surface area contributed by atoms with Crippen LogP contribution in [0.4, 0.5) is 10.5 Å². The number of urea groups is 1. The highest BCUT2D eigenvalue weighted by molar-refractivity contribution is 5.90. The van der Waals surface area contributed by atoms with E-state index in [2.05, 4.69) is 15.8 Å². The summed E-state index contributed by atoms with van der Waals surface area (Å²) in [4.78, 5) is 12.1. The Morgan fingerprint density at radius 2 is 2.09 bits per heavy atom. The molecule has 2 rings (SSSR count). The third-order valence-corrected chi connectivity index (χ3v) is 3.76. The summed E-state index contributed by atoms with van der Waals surface area (Å²) in [6, 6.07) is 9.55. The second-order valence-corrected chi connectivity index (χ2v) is 5.37. The zero-order valence-electron chi connectivity index (χ0n) is 13.5. The van der Waals surface area contributed by atoms with Gasteiger partial charge >= 0.3 is 6.03 Å². The quantitative estimate of drug-likeness (QED) is 0.733. The van der Waals surface area contributed by atoms with Crippen LogP contribution in [0.3, 0.4) is 0 Å². The van der Waals surface area contributed by atoms with E-state index in [0.29, 0.717) is 30.8 Å². The second-order valence-electron chi connectivity index (χ2n) is 5.37. The van der Waals surface area contributed by atoms with Crippen LogP contribution in [0.1, 0.15) is 36.3 Å². The van der Waals surface area contributed by atoms with Gasteiger partial charge in [-0.1, -0.05) is 42.4 Å². The van der Waals surface area contributed by atoms with Gasteiger partial charge in [0.05, 0.1) is 0 Å². The molecule has 1 aromatic carbocycles. The van der Waals surface area contributed by atoms with Crippen LogP contribution < -0.4 is 10.6 Å². The maximum Gasteiger partial charge on any atom is 0.319 e. The first-order valence-electron chi connectivity index (χ1n) is 7.81. The molecule has 0 spiro atoms. The molecule has 0 saturated heterocycles. The van der Waals surface area contributed by atoms with Crippen LogP contribution in [-0.2, 0) is 6.42 Å². The first-order valence-corrected chi connectivity index (χ1v) is 7.81. The summed E-state index contributed by atoms with van der Waals surface area (Å²) in [7, 11) is 0. The summed E-state index contributed by atoms with van der Waals surface area (Å²) in [5, 5.41) is 18.8. The molecule has 0 saturated carbocycles. The molecule has 0 aliphatic carbocycles. The molecule has 1 unspecified atom stereocenters. The van der Waals surface area contributed by atoms with Crippen LogP contribution >= 0.6 is 0 Å². The smallest absolute Gasteiger partial charge is 0.319 e. The highest BCUT2D eigenvalue weighted by Gasteiger charge is 2.16. The molecular formula is C17H23N3O3. The third-order valence-electron chi connectivity index (χ3n) is 3.76. The fourth-order valence-electron chi connectivity index (χ4n) is 2.46. The molecule has 0 aliphatic heterocycles. The minimum Gasteiger partial charge on any atom is -0.396 e. The molecule has 6 nitrogen and oxygen atoms in total. The van der Waals surface area contributed by atoms with Crippen molar-refractivity contribution in [1.29, 1.82) is 0 Å². The number of carbonyl (C=O) groups is 1. The second kappa shape index (κ2) is 8.33. The molecular weight excluding hydrogens is 294 g/mol. The lowest BCUT2D eigenvalue weighted by atomic mass is 9.96. The predicted molar refractivity (Wildman–Crippen MR) is 88.5 cm³/mol. The maximum absolute atomic E-state index is 12.1. The largest absolute Gasteiger partial charge is 0.396 e. The number of aromatic nitrogens is 1. The Morgan fingerprint density at radius 1 is 1.35 bits per heavy atom. The fourth-order valence-corrected chi connectivity index (χ4v) is 2.46. The summed E-state index contributed by atoms with van der Waals surface area (Å²) in [5.41, 5.74) is 2.45. The van der Waals surface area contributed by atoms with Crippen molar-refractivity contribution in [3.05, 3.63) is 47.3 Å². The molecule has 3 N–H and O–H groups in total. The van der Waals surface area contributed by atoms with E-state index in [1.165, 1.54) is 0 Å². The number of nitrogens with one attached hydrogen (secondary N) is 2. The van der Waals surface area contributed by atoms with Gasteiger partial charge in [0.1, 0.15) is 11.4 Å². The van der Waals surface area contributed by atoms with Gasteiger partial charge in [0, 0.05) is 19.1 Å². The van der Waals surface area contributed by atoms with Crippen LogP contribution in [-0.4, -0.2) is 29.4 Å². The number of nitrogens with zero attached hydrogens (tertiary/aromatic N) is 1. The van der Waals surface area contributed by atoms with Crippen molar-refractivity contribution in [2.45, 2.75) is 32.6 Å². The lowest BCUT2D eigenvalue weighted by Crippen LogP contribution is -2.33. The molecule has 1 aromatic heterocycles. The minimum absolute atomic E-state index is 0.0705. The van der Waals surface area contributed by atoms with Crippen molar-refractivity contribution in [3.8, 4) is 0 Å². The lowest BCUT2D eigenvalue weighted by molar-refractivity contribution is 0.248. The summed E-state index contributed by atoms with van der Waals surface area (Å²) < 4.78 is 5.10. The van der Waals surface area contributed by atoms with Gasteiger partial charge in [-0.2, -0.15) is 0 Å². The number of hydrogen-bond donors (Lipinski definition) is 3. The normalized spacial score (nSPS) is 12.0. The number of amides is 2. The van der Waals surface area contributed by atoms with Gasteiger partial charge in [-0.3, -0.25) is 0 Å². The van der Waals surface area contributed by atoms with E-state index in [4.69, 9.17) is 4.52 Å². The van der Waals surface area contributed by atoms with Gasteiger partial charge in [0.15, 0.2) is 5.76 Å². The van der Waals surface area contributed by atoms with Crippen molar-refractivity contribution in [3.63, 3.8) is 0 Å². The number of benzene rings is 1. The lowest BCUT2D eigenvalue weighted by Gasteiger charge is -2.17. The Bertz CT molecular complexity index is 625. The SMILES string of the molecule is CCc1noc(C)c1NC(=O)NCC(CCO)c1ccccc1. The molecule has 0 radical (unpaired) electrons. The van der Waals surface area contributed by atoms with E-state index < -0.39 is 0 Å². The molecule has 2 amide bonds. The van der Waals surface area contributed by atoms with Gasteiger partial charge in [-0.15, -0.1) is 0 Å². The molecule has 0 aliphatic rings. The Kier molecular flexibility index (Phi) is 6.17. The zero-order chi connectivity index (χ0) is 16.7. The van der Waals surface area contributed by atoms with Crippen molar-refractivity contribution >= 4 is 11.7 Å². The third kappa shape index (κ3) is 4.56. The molecule has 2 aromatic rings. The monoisotopic (exact) mass is 317 g/mol. The average Bonchev–Trinajstić information content (AvgIpc) is 2.92. The number of rotatable bonds is 7. The van der Waals surface area contributed by atoms with Crippen LogP contribution in [0.2, 0.25) is 0 Å². The number of aliphatic hydroxyl groups is 1. The van der Waals surface area contributed by atoms with Gasteiger partial charge in [-0.25, -0.2) is 4.79 Å². The summed E-state index contributed by atoms with van der Waals surface area (Å²) in [5.74, 6) is 0.660. The van der Waals surface area contributed by atoms with Gasteiger partial charge in [0.2, 0.25) is 0 Å². The molecule has 23 heavy (non-hydrogen) atoms. The van der Waals surface area contributed by atoms with Crippen molar-refractivity contribution in [2.24, 2.45) is 0 Å². The van der Waals surface area contributed by atoms with Crippen LogP contribution in [0.15, 0.2) is 34.9 Å². The van der Waals surface area contributed by atoms with Crippen LogP contribution in [0.5, 0.6) is 0 Å². The highest BCUT2D eigenvalue weighted by atomic mass is 16.5. The Labute approximate surface area is 135 Å². The van der Waals surface area contributed by atoms with Gasteiger partial charge < -0.3 is 20.3 Å². The number of hydrogen-bond acceptors (Lipinski definition) is 4. The van der Waals surface area contributed by atoms with Crippen LogP contribution in [0.25, 0.3) is 0 Å². The molecule has 6 heteroatoms. The number of carbonyl (C=O) groups excluding carboxylic acids is 1. The van der Waals surface area contributed by atoms with E-state index in [-0.39, 0.29) is 18.6 Å². The van der Waals surface area contributed by atoms with E-state index in [1.54, 1.807) is 6.92 Å². The van der Waals surface area contributed by atoms with E-state index in [0.717, 1.165) is 11.3 Å². The number of aryl methyl sites for hydroxylation is 2. The fraction of sp³-hybridized carbons (Fsp3) is 0.412. The minimum atomic E-state index is -0.301. The van der Waals surface area contributed by atoms with Crippen LogP contribution in [0, 0.1) is 6.92 Å². The molecule has 1 atom stereocenters. The van der Waals surface area contributed by atoms with Gasteiger partial charge in [-0.05, 0) is 25.3 Å². The Morgan fingerprint density at radius 3 is 2.74 bits per heavy atom. The summed E-state index contributed by atoms with van der Waals surface area (Å²) in [6.07, 6.45) is 1.28. The molecule has 0 fully saturated rings. The first-order chi connectivity index (χ1) is 11.2. The first kappa shape index (κ1) is 17.0. The van der Waals surface area contributed by atoms with E-state index in [1.807, 2.05) is 37.3 Å². The Hall–Kier alpha value is -2.34. The molecule has 1 heterocycles. The molecule has 0 bridgehead atoms. The summed E-state index contributed by atoms with van der Waals surface area (Å²) in [6.45, 7) is 4.24. The Balaban J connectivity index is 1.95. The zero-order valence-corrected chi connectivity index (χ0v) is 13.5. The number of anilines is 1. The molecule has 124 valence electrons. The van der Waals surface area contributed by atoms with E-state index in [9.17, 15) is 9.90 Å².